The van der Waals surface area contributed by atoms with Crippen LogP contribution < -0.4 is 10.1 Å². The number of halogens is 2. The fourth-order valence-electron chi connectivity index (χ4n) is 3.11. The molecule has 11 heteroatoms. The van der Waals surface area contributed by atoms with Gasteiger partial charge in [0.05, 0.1) is 24.1 Å². The van der Waals surface area contributed by atoms with Crippen LogP contribution in [0.1, 0.15) is 15.9 Å². The number of nitrogens with zero attached hydrogens (tertiary/aromatic N) is 1. The molecule has 8 nitrogen and oxygen atoms in total. The van der Waals surface area contributed by atoms with Gasteiger partial charge in [-0.1, -0.05) is 30.8 Å². The first-order chi connectivity index (χ1) is 16.6. The molecule has 3 aromatic rings. The molecule has 0 fully saturated rings. The summed E-state index contributed by atoms with van der Waals surface area (Å²) in [6, 6.07) is 14.3. The highest BCUT2D eigenvalue weighted by Crippen LogP contribution is 2.27. The number of methoxy groups -OCH3 is 1. The van der Waals surface area contributed by atoms with Crippen molar-refractivity contribution in [3.05, 3.63) is 102 Å². The number of carbonyl (C=O) groups is 2. The Kier molecular flexibility index (Phi) is 7.50. The molecule has 0 radical (unpaired) electrons. The van der Waals surface area contributed by atoms with Crippen LogP contribution in [0.5, 0.6) is 5.75 Å². The third kappa shape index (κ3) is 5.46. The molecular formula is C24H20F2N2O6S. The highest BCUT2D eigenvalue weighted by atomic mass is 32.2. The normalized spacial score (nSPS) is 10.9. The van der Waals surface area contributed by atoms with Gasteiger partial charge >= 0.3 is 5.97 Å². The number of ether oxygens (including phenoxy) is 1. The van der Waals surface area contributed by atoms with Crippen LogP contribution in [0.4, 0.5) is 14.5 Å². The number of sulfonamides is 1. The van der Waals surface area contributed by atoms with Crippen LogP contribution in [0.2, 0.25) is 0 Å². The van der Waals surface area contributed by atoms with Gasteiger partial charge in [0, 0.05) is 5.69 Å². The lowest BCUT2D eigenvalue weighted by molar-refractivity contribution is -0.133. The molecule has 0 aliphatic carbocycles. The summed E-state index contributed by atoms with van der Waals surface area (Å²) in [6.07, 6.45) is 0. The standard InChI is InChI=1S/C24H20F2N2O6S/c1-15(24(30)31)28(35(32,33)18-12-10-17(34-2)11-13-18)14-16-6-3-4-9-21(16)27-23(29)19-7-5-8-20(25)22(19)26/h3-13H,1,14H2,2H3,(H,27,29)(H,30,31). The highest BCUT2D eigenvalue weighted by molar-refractivity contribution is 7.89. The molecule has 3 rings (SSSR count). The minimum absolute atomic E-state index is 0.0641. The van der Waals surface area contributed by atoms with Gasteiger partial charge < -0.3 is 15.2 Å². The zero-order valence-electron chi connectivity index (χ0n) is 18.4. The second-order valence-electron chi connectivity index (χ2n) is 7.15. The lowest BCUT2D eigenvalue weighted by Gasteiger charge is -2.25. The molecule has 0 unspecified atom stereocenters. The molecule has 0 saturated heterocycles. The third-order valence-corrected chi connectivity index (χ3v) is 6.77. The van der Waals surface area contributed by atoms with E-state index in [4.69, 9.17) is 4.74 Å². The molecule has 0 spiro atoms. The number of rotatable bonds is 9. The lowest BCUT2D eigenvalue weighted by atomic mass is 10.1. The number of benzene rings is 3. The molecule has 0 aliphatic rings. The Balaban J connectivity index is 1.98. The van der Waals surface area contributed by atoms with Crippen LogP contribution in [0.15, 0.2) is 83.9 Å². The van der Waals surface area contributed by atoms with Crippen molar-refractivity contribution in [2.45, 2.75) is 11.4 Å². The van der Waals surface area contributed by atoms with E-state index in [0.29, 0.717) is 10.1 Å². The Morgan fingerprint density at radius 2 is 1.69 bits per heavy atom. The molecule has 0 aliphatic heterocycles. The largest absolute Gasteiger partial charge is 0.497 e. The molecule has 0 aromatic heterocycles. The molecule has 3 aromatic carbocycles. The van der Waals surface area contributed by atoms with Crippen molar-refractivity contribution in [3.63, 3.8) is 0 Å². The molecule has 0 heterocycles. The van der Waals surface area contributed by atoms with Gasteiger partial charge in [-0.05, 0) is 48.0 Å². The van der Waals surface area contributed by atoms with E-state index in [1.165, 1.54) is 61.7 Å². The Morgan fingerprint density at radius 1 is 1.03 bits per heavy atom. The summed E-state index contributed by atoms with van der Waals surface area (Å²) in [7, 11) is -3.00. The maximum atomic E-state index is 14.0. The first-order valence-corrected chi connectivity index (χ1v) is 11.4. The second kappa shape index (κ2) is 10.3. The van der Waals surface area contributed by atoms with E-state index in [9.17, 15) is 31.9 Å². The van der Waals surface area contributed by atoms with E-state index >= 15 is 0 Å². The molecule has 0 saturated carbocycles. The number of carboxylic acids is 1. The van der Waals surface area contributed by atoms with Gasteiger partial charge in [-0.3, -0.25) is 9.10 Å². The number of carboxylic acid groups (broad SMARTS) is 1. The van der Waals surface area contributed by atoms with Crippen LogP contribution in [-0.2, 0) is 21.4 Å². The minimum Gasteiger partial charge on any atom is -0.497 e. The number of nitrogens with one attached hydrogen (secondary N) is 1. The molecule has 182 valence electrons. The minimum atomic E-state index is -4.40. The molecule has 0 bridgehead atoms. The number of anilines is 1. The molecule has 1 amide bonds. The van der Waals surface area contributed by atoms with Gasteiger partial charge in [-0.15, -0.1) is 0 Å². The van der Waals surface area contributed by atoms with Crippen LogP contribution >= 0.6 is 0 Å². The Hall–Kier alpha value is -4.25. The van der Waals surface area contributed by atoms with Gasteiger partial charge in [0.2, 0.25) is 0 Å². The van der Waals surface area contributed by atoms with Crippen molar-refractivity contribution in [1.29, 1.82) is 0 Å². The van der Waals surface area contributed by atoms with Crippen molar-refractivity contribution in [1.82, 2.24) is 4.31 Å². The van der Waals surface area contributed by atoms with Crippen molar-refractivity contribution >= 4 is 27.6 Å². The number of para-hydroxylation sites is 1. The van der Waals surface area contributed by atoms with Crippen LogP contribution in [0, 0.1) is 11.6 Å². The zero-order valence-corrected chi connectivity index (χ0v) is 19.2. The van der Waals surface area contributed by atoms with Gasteiger partial charge in [-0.25, -0.2) is 22.0 Å². The van der Waals surface area contributed by atoms with Gasteiger partial charge in [0.1, 0.15) is 11.4 Å². The van der Waals surface area contributed by atoms with Gasteiger partial charge in [0.25, 0.3) is 15.9 Å². The fourth-order valence-corrected chi connectivity index (χ4v) is 4.52. The maximum Gasteiger partial charge on any atom is 0.352 e. The van der Waals surface area contributed by atoms with E-state index in [-0.39, 0.29) is 16.1 Å². The summed E-state index contributed by atoms with van der Waals surface area (Å²) >= 11 is 0. The van der Waals surface area contributed by atoms with E-state index in [0.717, 1.165) is 12.1 Å². The van der Waals surface area contributed by atoms with E-state index in [1.807, 2.05) is 0 Å². The fraction of sp³-hybridized carbons (Fsp3) is 0.0833. The van der Waals surface area contributed by atoms with Crippen LogP contribution in [-0.4, -0.2) is 36.8 Å². The highest BCUT2D eigenvalue weighted by Gasteiger charge is 2.30. The lowest BCUT2D eigenvalue weighted by Crippen LogP contribution is -2.33. The van der Waals surface area contributed by atoms with E-state index in [1.54, 1.807) is 0 Å². The van der Waals surface area contributed by atoms with Crippen LogP contribution in [0.25, 0.3) is 0 Å². The first-order valence-electron chi connectivity index (χ1n) is 9.98. The summed E-state index contributed by atoms with van der Waals surface area (Å²) in [5.41, 5.74) is -1.05. The van der Waals surface area contributed by atoms with Gasteiger partial charge in [0.15, 0.2) is 11.6 Å². The molecular weight excluding hydrogens is 482 g/mol. The Morgan fingerprint density at radius 3 is 2.31 bits per heavy atom. The second-order valence-corrected chi connectivity index (χ2v) is 9.01. The summed E-state index contributed by atoms with van der Waals surface area (Å²) in [5.74, 6) is -4.71. The summed E-state index contributed by atoms with van der Waals surface area (Å²) < 4.78 is 59.8. The number of carbonyl (C=O) groups excluding carboxylic acids is 1. The van der Waals surface area contributed by atoms with E-state index < -0.39 is 51.3 Å². The quantitative estimate of drug-likeness (QED) is 0.428. The predicted molar refractivity (Wildman–Crippen MR) is 123 cm³/mol. The number of hydrogen-bond acceptors (Lipinski definition) is 5. The smallest absolute Gasteiger partial charge is 0.352 e. The Labute approximate surface area is 200 Å². The monoisotopic (exact) mass is 502 g/mol. The number of hydrogen-bond donors (Lipinski definition) is 2. The van der Waals surface area contributed by atoms with Crippen molar-refractivity contribution in [2.24, 2.45) is 0 Å². The Bertz CT molecular complexity index is 1390. The molecule has 0 atom stereocenters. The van der Waals surface area contributed by atoms with Crippen molar-refractivity contribution in [3.8, 4) is 5.75 Å². The molecule has 35 heavy (non-hydrogen) atoms. The first kappa shape index (κ1) is 25.4. The molecule has 2 N–H and O–H groups in total. The predicted octanol–water partition coefficient (Wildman–Crippen LogP) is 4.01. The zero-order chi connectivity index (χ0) is 25.8. The summed E-state index contributed by atoms with van der Waals surface area (Å²) in [6.45, 7) is 2.85. The van der Waals surface area contributed by atoms with Crippen molar-refractivity contribution in [2.75, 3.05) is 12.4 Å². The van der Waals surface area contributed by atoms with E-state index in [2.05, 4.69) is 11.9 Å². The summed E-state index contributed by atoms with van der Waals surface area (Å²) in [5, 5.41) is 11.9. The summed E-state index contributed by atoms with van der Waals surface area (Å²) in [4.78, 5) is 24.0. The number of aliphatic carboxylic acids is 1. The third-order valence-electron chi connectivity index (χ3n) is 4.97. The van der Waals surface area contributed by atoms with Crippen LogP contribution in [0.3, 0.4) is 0 Å². The maximum absolute atomic E-state index is 14.0. The topological polar surface area (TPSA) is 113 Å². The SMILES string of the molecule is C=C(C(=O)O)N(Cc1ccccc1NC(=O)c1cccc(F)c1F)S(=O)(=O)c1ccc(OC)cc1. The average molecular weight is 502 g/mol. The number of amides is 1. The average Bonchev–Trinajstić information content (AvgIpc) is 2.84. The van der Waals surface area contributed by atoms with Gasteiger partial charge in [-0.2, -0.15) is 0 Å². The van der Waals surface area contributed by atoms with Crippen molar-refractivity contribution < 1.29 is 36.6 Å².